The number of benzene rings is 1. The molecule has 1 rings (SSSR count). The fraction of sp³-hybridized carbons (Fsp3) is 0.684. The molecule has 0 radical (unpaired) electrons. The molecule has 0 saturated heterocycles. The lowest BCUT2D eigenvalue weighted by Crippen LogP contribution is -2.27. The highest BCUT2D eigenvalue weighted by atomic mass is 16.3. The molecule has 0 saturated carbocycles. The molecule has 3 nitrogen and oxygen atoms in total. The van der Waals surface area contributed by atoms with E-state index >= 15 is 0 Å². The molecular weight excluding hydrogens is 274 g/mol. The van der Waals surface area contributed by atoms with Gasteiger partial charge in [0.15, 0.2) is 0 Å². The SMILES string of the molecule is CCN(CCO)Cc1cc(C(C)(C)CC(C)(C)C)ccc1O. The summed E-state index contributed by atoms with van der Waals surface area (Å²) < 4.78 is 0. The smallest absolute Gasteiger partial charge is 0.120 e. The Morgan fingerprint density at radius 3 is 2.23 bits per heavy atom. The molecule has 0 heterocycles. The van der Waals surface area contributed by atoms with Crippen LogP contribution in [-0.4, -0.2) is 34.8 Å². The number of hydrogen-bond donors (Lipinski definition) is 2. The first-order valence-electron chi connectivity index (χ1n) is 8.24. The topological polar surface area (TPSA) is 43.7 Å². The molecule has 22 heavy (non-hydrogen) atoms. The summed E-state index contributed by atoms with van der Waals surface area (Å²) in [7, 11) is 0. The van der Waals surface area contributed by atoms with Crippen LogP contribution in [0.3, 0.4) is 0 Å². The third kappa shape index (κ3) is 5.62. The predicted molar refractivity (Wildman–Crippen MR) is 93.2 cm³/mol. The highest BCUT2D eigenvalue weighted by molar-refractivity contribution is 5.39. The van der Waals surface area contributed by atoms with Crippen molar-refractivity contribution in [1.82, 2.24) is 4.90 Å². The summed E-state index contributed by atoms with van der Waals surface area (Å²) in [5, 5.41) is 19.3. The molecule has 0 bridgehead atoms. The summed E-state index contributed by atoms with van der Waals surface area (Å²) in [4.78, 5) is 2.13. The van der Waals surface area contributed by atoms with Crippen molar-refractivity contribution in [2.24, 2.45) is 5.41 Å². The lowest BCUT2D eigenvalue weighted by Gasteiger charge is -2.33. The highest BCUT2D eigenvalue weighted by Crippen LogP contribution is 2.37. The van der Waals surface area contributed by atoms with E-state index in [0.29, 0.717) is 18.8 Å². The third-order valence-electron chi connectivity index (χ3n) is 4.09. The first-order chi connectivity index (χ1) is 10.1. The van der Waals surface area contributed by atoms with Crippen LogP contribution in [0, 0.1) is 5.41 Å². The van der Waals surface area contributed by atoms with Crippen molar-refractivity contribution in [3.05, 3.63) is 29.3 Å². The monoisotopic (exact) mass is 307 g/mol. The normalized spacial score (nSPS) is 12.9. The maximum atomic E-state index is 10.2. The van der Waals surface area contributed by atoms with E-state index in [-0.39, 0.29) is 17.4 Å². The van der Waals surface area contributed by atoms with E-state index in [1.807, 2.05) is 12.1 Å². The summed E-state index contributed by atoms with van der Waals surface area (Å²) in [6.45, 7) is 15.7. The number of nitrogens with zero attached hydrogens (tertiary/aromatic N) is 1. The van der Waals surface area contributed by atoms with Gasteiger partial charge in [-0.25, -0.2) is 0 Å². The summed E-state index contributed by atoms with van der Waals surface area (Å²) >= 11 is 0. The van der Waals surface area contributed by atoms with E-state index in [4.69, 9.17) is 5.11 Å². The molecule has 1 aromatic carbocycles. The number of aliphatic hydroxyl groups is 1. The van der Waals surface area contributed by atoms with E-state index in [9.17, 15) is 5.11 Å². The van der Waals surface area contributed by atoms with Crippen molar-refractivity contribution in [3.63, 3.8) is 0 Å². The van der Waals surface area contributed by atoms with Gasteiger partial charge in [-0.05, 0) is 35.4 Å². The second-order valence-electron chi connectivity index (χ2n) is 8.06. The minimum Gasteiger partial charge on any atom is -0.508 e. The Hall–Kier alpha value is -1.06. The molecule has 126 valence electrons. The minimum atomic E-state index is 0.0642. The minimum absolute atomic E-state index is 0.0642. The molecule has 0 fully saturated rings. The lowest BCUT2D eigenvalue weighted by atomic mass is 9.72. The van der Waals surface area contributed by atoms with Crippen molar-refractivity contribution in [2.75, 3.05) is 19.7 Å². The molecule has 1 aromatic rings. The van der Waals surface area contributed by atoms with Gasteiger partial charge in [0.05, 0.1) is 6.61 Å². The van der Waals surface area contributed by atoms with E-state index < -0.39 is 0 Å². The molecule has 0 aromatic heterocycles. The number of aliphatic hydroxyl groups excluding tert-OH is 1. The Bertz CT molecular complexity index is 475. The third-order valence-corrected chi connectivity index (χ3v) is 4.09. The average molecular weight is 307 g/mol. The molecule has 0 unspecified atom stereocenters. The van der Waals surface area contributed by atoms with Crippen LogP contribution < -0.4 is 0 Å². The lowest BCUT2D eigenvalue weighted by molar-refractivity contribution is 0.195. The number of rotatable bonds is 7. The Morgan fingerprint density at radius 2 is 1.73 bits per heavy atom. The Morgan fingerprint density at radius 1 is 1.09 bits per heavy atom. The molecule has 0 amide bonds. The fourth-order valence-corrected chi connectivity index (χ4v) is 3.29. The number of phenolic OH excluding ortho intramolecular Hbond substituents is 1. The summed E-state index contributed by atoms with van der Waals surface area (Å²) in [6, 6.07) is 5.97. The van der Waals surface area contributed by atoms with Gasteiger partial charge in [-0.3, -0.25) is 4.90 Å². The largest absolute Gasteiger partial charge is 0.508 e. The number of aromatic hydroxyl groups is 1. The van der Waals surface area contributed by atoms with Gasteiger partial charge in [0.25, 0.3) is 0 Å². The molecule has 3 heteroatoms. The Balaban J connectivity index is 3.03. The summed E-state index contributed by atoms with van der Waals surface area (Å²) in [6.07, 6.45) is 1.08. The Kier molecular flexibility index (Phi) is 6.45. The predicted octanol–water partition coefficient (Wildman–Crippen LogP) is 3.92. The first kappa shape index (κ1) is 19.0. The van der Waals surface area contributed by atoms with Gasteiger partial charge in [-0.1, -0.05) is 53.7 Å². The van der Waals surface area contributed by atoms with E-state index in [1.54, 1.807) is 0 Å². The van der Waals surface area contributed by atoms with Crippen LogP contribution in [0.5, 0.6) is 5.75 Å². The van der Waals surface area contributed by atoms with Crippen molar-refractivity contribution in [2.45, 2.75) is 59.9 Å². The van der Waals surface area contributed by atoms with Crippen LogP contribution in [0.1, 0.15) is 59.1 Å². The second-order valence-corrected chi connectivity index (χ2v) is 8.06. The van der Waals surface area contributed by atoms with Crippen LogP contribution in [0.4, 0.5) is 0 Å². The van der Waals surface area contributed by atoms with Crippen LogP contribution in [0.2, 0.25) is 0 Å². The number of likely N-dealkylation sites (N-methyl/N-ethyl adjacent to an activating group) is 1. The van der Waals surface area contributed by atoms with E-state index in [2.05, 4.69) is 52.5 Å². The standard InChI is InChI=1S/C19H33NO2/c1-7-20(10-11-21)13-15-12-16(8-9-17(15)22)19(5,6)14-18(2,3)4/h8-9,12,21-22H,7,10-11,13-14H2,1-6H3. The number of hydrogen-bond acceptors (Lipinski definition) is 3. The molecule has 2 N–H and O–H groups in total. The summed E-state index contributed by atoms with van der Waals surface area (Å²) in [5.74, 6) is 0.340. The van der Waals surface area contributed by atoms with Gasteiger partial charge in [0.1, 0.15) is 5.75 Å². The number of phenols is 1. The van der Waals surface area contributed by atoms with Gasteiger partial charge in [-0.15, -0.1) is 0 Å². The van der Waals surface area contributed by atoms with Crippen LogP contribution in [0.15, 0.2) is 18.2 Å². The zero-order valence-corrected chi connectivity index (χ0v) is 15.1. The zero-order valence-electron chi connectivity index (χ0n) is 15.1. The van der Waals surface area contributed by atoms with Gasteiger partial charge < -0.3 is 10.2 Å². The Labute approximate surface area is 136 Å². The highest BCUT2D eigenvalue weighted by Gasteiger charge is 2.27. The van der Waals surface area contributed by atoms with Crippen LogP contribution >= 0.6 is 0 Å². The first-order valence-corrected chi connectivity index (χ1v) is 8.24. The van der Waals surface area contributed by atoms with Crippen molar-refractivity contribution >= 4 is 0 Å². The maximum Gasteiger partial charge on any atom is 0.120 e. The molecule has 0 aliphatic rings. The van der Waals surface area contributed by atoms with Gasteiger partial charge in [0.2, 0.25) is 0 Å². The maximum absolute atomic E-state index is 10.2. The van der Waals surface area contributed by atoms with Gasteiger partial charge in [0, 0.05) is 18.7 Å². The molecular formula is C19H33NO2. The molecule has 0 atom stereocenters. The van der Waals surface area contributed by atoms with E-state index in [0.717, 1.165) is 18.5 Å². The van der Waals surface area contributed by atoms with Gasteiger partial charge >= 0.3 is 0 Å². The average Bonchev–Trinajstić information content (AvgIpc) is 2.37. The zero-order chi connectivity index (χ0) is 17.0. The van der Waals surface area contributed by atoms with Crippen molar-refractivity contribution in [1.29, 1.82) is 0 Å². The van der Waals surface area contributed by atoms with E-state index in [1.165, 1.54) is 5.56 Å². The quantitative estimate of drug-likeness (QED) is 0.802. The molecule has 0 spiro atoms. The van der Waals surface area contributed by atoms with Crippen molar-refractivity contribution < 1.29 is 10.2 Å². The summed E-state index contributed by atoms with van der Waals surface area (Å²) in [5.41, 5.74) is 2.52. The van der Waals surface area contributed by atoms with Crippen LogP contribution in [0.25, 0.3) is 0 Å². The molecule has 0 aliphatic heterocycles. The van der Waals surface area contributed by atoms with Crippen LogP contribution in [-0.2, 0) is 12.0 Å². The molecule has 0 aliphatic carbocycles. The van der Waals surface area contributed by atoms with Crippen molar-refractivity contribution in [3.8, 4) is 5.75 Å². The van der Waals surface area contributed by atoms with Gasteiger partial charge in [-0.2, -0.15) is 0 Å². The fourth-order valence-electron chi connectivity index (χ4n) is 3.29. The second kappa shape index (κ2) is 7.47.